The molecule has 0 fully saturated rings. The Hall–Kier alpha value is -2.09. The molecule has 136 valence electrons. The van der Waals surface area contributed by atoms with Crippen LogP contribution in [-0.2, 0) is 9.47 Å². The van der Waals surface area contributed by atoms with Gasteiger partial charge in [0.2, 0.25) is 0 Å². The zero-order valence-electron chi connectivity index (χ0n) is 14.8. The molecule has 0 bridgehead atoms. The van der Waals surface area contributed by atoms with Gasteiger partial charge in [-0.1, -0.05) is 0 Å². The topological polar surface area (TPSA) is 105 Å². The van der Waals surface area contributed by atoms with Gasteiger partial charge in [-0.3, -0.25) is 0 Å². The number of aryl methyl sites for hydroxylation is 1. The molecule has 0 saturated heterocycles. The Labute approximate surface area is 145 Å². The van der Waals surface area contributed by atoms with E-state index in [1.165, 1.54) is 13.2 Å². The maximum atomic E-state index is 12.7. The highest BCUT2D eigenvalue weighted by atomic mass is 16.6. The van der Waals surface area contributed by atoms with Gasteiger partial charge in [0.25, 0.3) is 0 Å². The Morgan fingerprint density at radius 2 is 1.88 bits per heavy atom. The first-order valence-corrected chi connectivity index (χ1v) is 7.97. The summed E-state index contributed by atoms with van der Waals surface area (Å²) in [6.45, 7) is 6.43. The lowest BCUT2D eigenvalue weighted by Crippen LogP contribution is -2.62. The highest BCUT2D eigenvalue weighted by Crippen LogP contribution is 2.44. The average molecular weight is 350 g/mol. The number of rotatable bonds is 1. The summed E-state index contributed by atoms with van der Waals surface area (Å²) < 4.78 is 17.1. The number of hydrogen-bond acceptors (Lipinski definition) is 7. The summed E-state index contributed by atoms with van der Waals surface area (Å²) in [4.78, 5) is 12.7. The number of benzene rings is 1. The monoisotopic (exact) mass is 350 g/mol. The number of esters is 1. The number of ether oxygens (including phenoxy) is 3. The quantitative estimate of drug-likeness (QED) is 0.656. The lowest BCUT2D eigenvalue weighted by molar-refractivity contribution is -0.178. The summed E-state index contributed by atoms with van der Waals surface area (Å²) >= 11 is 0. The van der Waals surface area contributed by atoms with Crippen LogP contribution in [0.25, 0.3) is 0 Å². The molecule has 1 aromatic rings. The number of aliphatic hydroxyl groups is 2. The summed E-state index contributed by atoms with van der Waals surface area (Å²) in [5.74, 6) is -0.359. The number of phenols is 1. The first kappa shape index (κ1) is 17.7. The van der Waals surface area contributed by atoms with E-state index >= 15 is 0 Å². The van der Waals surface area contributed by atoms with Crippen molar-refractivity contribution in [1.82, 2.24) is 0 Å². The van der Waals surface area contributed by atoms with Crippen LogP contribution >= 0.6 is 0 Å². The van der Waals surface area contributed by atoms with E-state index in [0.29, 0.717) is 16.7 Å². The predicted octanol–water partition coefficient (Wildman–Crippen LogP) is 1.34. The molecule has 1 heterocycles. The number of carbonyl (C=O) groups is 1. The SMILES string of the molecule is COC1(C)C2Oc3c(C)c(O)cc(C)c3C(=O)OC2=C(C)C(O)C1O. The zero-order chi connectivity index (χ0) is 18.7. The van der Waals surface area contributed by atoms with E-state index in [4.69, 9.17) is 14.2 Å². The van der Waals surface area contributed by atoms with Crippen LogP contribution in [0, 0.1) is 13.8 Å². The van der Waals surface area contributed by atoms with Crippen molar-refractivity contribution in [2.45, 2.75) is 51.6 Å². The average Bonchev–Trinajstić information content (AvgIpc) is 2.73. The van der Waals surface area contributed by atoms with Crippen LogP contribution in [0.3, 0.4) is 0 Å². The number of hydrogen-bond donors (Lipinski definition) is 3. The minimum absolute atomic E-state index is 0.0104. The normalized spacial score (nSPS) is 31.6. The van der Waals surface area contributed by atoms with E-state index in [1.54, 1.807) is 27.7 Å². The van der Waals surface area contributed by atoms with Gasteiger partial charge < -0.3 is 29.5 Å². The smallest absolute Gasteiger partial charge is 0.347 e. The van der Waals surface area contributed by atoms with Crippen LogP contribution < -0.4 is 4.74 Å². The molecule has 25 heavy (non-hydrogen) atoms. The number of fused-ring (bicyclic) bond motifs is 2. The molecule has 3 N–H and O–H groups in total. The molecule has 4 unspecified atom stereocenters. The summed E-state index contributed by atoms with van der Waals surface area (Å²) in [7, 11) is 1.38. The Kier molecular flexibility index (Phi) is 4.06. The van der Waals surface area contributed by atoms with Crippen LogP contribution in [0.2, 0.25) is 0 Å². The molecule has 4 atom stereocenters. The molecular formula is C18H22O7. The lowest BCUT2D eigenvalue weighted by Gasteiger charge is -2.45. The number of aromatic hydroxyl groups is 1. The summed E-state index contributed by atoms with van der Waals surface area (Å²) in [6, 6.07) is 1.47. The van der Waals surface area contributed by atoms with E-state index in [-0.39, 0.29) is 22.8 Å². The molecule has 7 heteroatoms. The fourth-order valence-corrected chi connectivity index (χ4v) is 3.39. The zero-order valence-corrected chi connectivity index (χ0v) is 14.8. The fraction of sp³-hybridized carbons (Fsp3) is 0.500. The summed E-state index contributed by atoms with van der Waals surface area (Å²) in [5.41, 5.74) is 0.0259. The third-order valence-electron chi connectivity index (χ3n) is 5.26. The van der Waals surface area contributed by atoms with E-state index in [9.17, 15) is 20.1 Å². The Bertz CT molecular complexity index is 782. The summed E-state index contributed by atoms with van der Waals surface area (Å²) in [6.07, 6.45) is -3.52. The number of phenolic OH excluding ortho intramolecular Hbond substituents is 1. The maximum Gasteiger partial charge on any atom is 0.347 e. The molecule has 1 aromatic carbocycles. The number of aliphatic hydroxyl groups excluding tert-OH is 2. The van der Waals surface area contributed by atoms with E-state index in [1.807, 2.05) is 0 Å². The van der Waals surface area contributed by atoms with Gasteiger partial charge >= 0.3 is 5.97 Å². The van der Waals surface area contributed by atoms with E-state index < -0.39 is 29.9 Å². The predicted molar refractivity (Wildman–Crippen MR) is 87.5 cm³/mol. The van der Waals surface area contributed by atoms with Gasteiger partial charge in [0, 0.05) is 18.2 Å². The van der Waals surface area contributed by atoms with E-state index in [2.05, 4.69) is 0 Å². The molecule has 1 aliphatic heterocycles. The van der Waals surface area contributed by atoms with Crippen molar-refractivity contribution >= 4 is 5.97 Å². The van der Waals surface area contributed by atoms with Gasteiger partial charge in [0.05, 0.1) is 0 Å². The minimum atomic E-state index is -1.36. The molecule has 1 aliphatic carbocycles. The van der Waals surface area contributed by atoms with Crippen molar-refractivity contribution < 1.29 is 34.3 Å². The van der Waals surface area contributed by atoms with Gasteiger partial charge in [-0.2, -0.15) is 0 Å². The Morgan fingerprint density at radius 1 is 1.24 bits per heavy atom. The summed E-state index contributed by atoms with van der Waals surface area (Å²) in [5, 5.41) is 30.9. The van der Waals surface area contributed by atoms with Crippen LogP contribution in [0.4, 0.5) is 0 Å². The Morgan fingerprint density at radius 3 is 2.48 bits per heavy atom. The van der Waals surface area contributed by atoms with Gasteiger partial charge in [0.15, 0.2) is 11.9 Å². The van der Waals surface area contributed by atoms with Crippen molar-refractivity contribution in [3.63, 3.8) is 0 Å². The molecule has 3 rings (SSSR count). The van der Waals surface area contributed by atoms with Crippen molar-refractivity contribution in [3.05, 3.63) is 34.1 Å². The molecule has 0 amide bonds. The number of methoxy groups -OCH3 is 1. The fourth-order valence-electron chi connectivity index (χ4n) is 3.39. The molecule has 0 saturated carbocycles. The standard InChI is InChI=1S/C18H22O7/c1-7-6-10(19)8(2)13-11(7)17(22)25-14-9(3)12(20)15(21)18(4,23-5)16(14)24-13/h6,12,15-16,19-21H,1-5H3. The molecule has 0 aromatic heterocycles. The van der Waals surface area contributed by atoms with Gasteiger partial charge in [-0.05, 0) is 39.3 Å². The molecular weight excluding hydrogens is 328 g/mol. The van der Waals surface area contributed by atoms with Gasteiger partial charge in [-0.25, -0.2) is 4.79 Å². The van der Waals surface area contributed by atoms with Crippen LogP contribution in [0.15, 0.2) is 17.4 Å². The lowest BCUT2D eigenvalue weighted by atomic mass is 9.78. The first-order valence-electron chi connectivity index (χ1n) is 7.97. The van der Waals surface area contributed by atoms with E-state index in [0.717, 1.165) is 0 Å². The molecule has 0 radical (unpaired) electrons. The maximum absolute atomic E-state index is 12.7. The van der Waals surface area contributed by atoms with Crippen molar-refractivity contribution in [2.75, 3.05) is 7.11 Å². The largest absolute Gasteiger partial charge is 0.508 e. The number of carbonyl (C=O) groups excluding carboxylic acids is 1. The second-order valence-corrected chi connectivity index (χ2v) is 6.75. The highest BCUT2D eigenvalue weighted by molar-refractivity contribution is 5.96. The third-order valence-corrected chi connectivity index (χ3v) is 5.26. The second-order valence-electron chi connectivity index (χ2n) is 6.75. The molecule has 7 nitrogen and oxygen atoms in total. The minimum Gasteiger partial charge on any atom is -0.508 e. The van der Waals surface area contributed by atoms with Crippen LogP contribution in [-0.4, -0.2) is 52.3 Å². The van der Waals surface area contributed by atoms with Crippen molar-refractivity contribution in [3.8, 4) is 11.5 Å². The highest BCUT2D eigenvalue weighted by Gasteiger charge is 2.55. The van der Waals surface area contributed by atoms with Crippen LogP contribution in [0.5, 0.6) is 11.5 Å². The molecule has 2 aliphatic rings. The van der Waals surface area contributed by atoms with Crippen molar-refractivity contribution in [1.29, 1.82) is 0 Å². The Balaban J connectivity index is 2.28. The van der Waals surface area contributed by atoms with Gasteiger partial charge in [0.1, 0.15) is 34.9 Å². The van der Waals surface area contributed by atoms with Gasteiger partial charge in [-0.15, -0.1) is 0 Å². The third kappa shape index (κ3) is 2.34. The van der Waals surface area contributed by atoms with Crippen LogP contribution in [0.1, 0.15) is 35.3 Å². The van der Waals surface area contributed by atoms with Crippen molar-refractivity contribution in [2.24, 2.45) is 0 Å². The second kappa shape index (κ2) is 5.72. The first-order chi connectivity index (χ1) is 11.6. The molecule has 0 spiro atoms.